The molecule has 0 fully saturated rings. The molecule has 1 aliphatic rings. The number of benzene rings is 2. The second-order valence-electron chi connectivity index (χ2n) is 5.90. The van der Waals surface area contributed by atoms with Crippen LogP contribution in [0.1, 0.15) is 32.4 Å². The van der Waals surface area contributed by atoms with Gasteiger partial charge in [-0.15, -0.1) is 11.3 Å². The summed E-state index contributed by atoms with van der Waals surface area (Å²) in [6, 6.07) is 10.7. The van der Waals surface area contributed by atoms with Gasteiger partial charge >= 0.3 is 0 Å². The zero-order valence-corrected chi connectivity index (χ0v) is 15.9. The maximum absolute atomic E-state index is 12.7. The van der Waals surface area contributed by atoms with E-state index in [2.05, 4.69) is 16.4 Å². The third kappa shape index (κ3) is 3.43. The number of hydrogen-bond acceptors (Lipinski definition) is 4. The number of ether oxygens (including phenoxy) is 1. The summed E-state index contributed by atoms with van der Waals surface area (Å²) < 4.78 is 5.58. The van der Waals surface area contributed by atoms with E-state index in [1.807, 2.05) is 12.1 Å². The van der Waals surface area contributed by atoms with E-state index in [-0.39, 0.29) is 5.91 Å². The Morgan fingerprint density at radius 1 is 1.23 bits per heavy atom. The fourth-order valence-corrected chi connectivity index (χ4v) is 3.92. The first-order valence-corrected chi connectivity index (χ1v) is 9.65. The first-order chi connectivity index (χ1) is 12.6. The van der Waals surface area contributed by atoms with Gasteiger partial charge in [0, 0.05) is 16.5 Å². The summed E-state index contributed by atoms with van der Waals surface area (Å²) in [7, 11) is 0. The normalized spacial score (nSPS) is 13.8. The highest BCUT2D eigenvalue weighted by Gasteiger charge is 2.23. The van der Waals surface area contributed by atoms with Crippen molar-refractivity contribution >= 4 is 40.4 Å². The molecule has 2 aromatic carbocycles. The third-order valence-electron chi connectivity index (χ3n) is 4.25. The summed E-state index contributed by atoms with van der Waals surface area (Å²) in [5.74, 6) is 0.684. The predicted molar refractivity (Wildman–Crippen MR) is 104 cm³/mol. The summed E-state index contributed by atoms with van der Waals surface area (Å²) in [6.45, 7) is 0.675. The number of nitrogens with zero attached hydrogens (tertiary/aromatic N) is 1. The van der Waals surface area contributed by atoms with Crippen molar-refractivity contribution in [3.63, 3.8) is 0 Å². The van der Waals surface area contributed by atoms with Gasteiger partial charge in [0.25, 0.3) is 5.91 Å². The Morgan fingerprint density at radius 2 is 2.12 bits per heavy atom. The molecule has 2 heterocycles. The lowest BCUT2D eigenvalue weighted by Crippen LogP contribution is -2.29. The first-order valence-electron chi connectivity index (χ1n) is 8.02. The molecule has 0 saturated carbocycles. The van der Waals surface area contributed by atoms with Crippen molar-refractivity contribution in [2.24, 2.45) is 0 Å². The van der Waals surface area contributed by atoms with Gasteiger partial charge in [-0.05, 0) is 47.0 Å². The van der Waals surface area contributed by atoms with Crippen LogP contribution >= 0.6 is 34.5 Å². The molecule has 1 aliphatic heterocycles. The number of halogens is 2. The number of amides is 1. The Balaban J connectivity index is 1.76. The molecule has 1 N–H and O–H groups in total. The molecule has 3 aromatic rings. The maximum Gasteiger partial charge on any atom is 0.263 e. The van der Waals surface area contributed by atoms with Crippen LogP contribution in [0.5, 0.6) is 5.75 Å². The monoisotopic (exact) mass is 404 g/mol. The molecular formula is C19H14Cl2N2O2S. The van der Waals surface area contributed by atoms with Crippen LogP contribution in [0.4, 0.5) is 0 Å². The van der Waals surface area contributed by atoms with Crippen molar-refractivity contribution in [2.75, 3.05) is 6.61 Å². The smallest absolute Gasteiger partial charge is 0.263 e. The molecule has 1 aromatic heterocycles. The third-order valence-corrected chi connectivity index (χ3v) is 5.60. The number of hydrogen-bond donors (Lipinski definition) is 1. The topological polar surface area (TPSA) is 51.2 Å². The second kappa shape index (κ2) is 7.27. The van der Waals surface area contributed by atoms with E-state index >= 15 is 0 Å². The van der Waals surface area contributed by atoms with E-state index in [1.54, 1.807) is 29.9 Å². The van der Waals surface area contributed by atoms with Crippen molar-refractivity contribution in [1.82, 2.24) is 10.3 Å². The van der Waals surface area contributed by atoms with Gasteiger partial charge in [0.05, 0.1) is 24.4 Å². The quantitative estimate of drug-likeness (QED) is 0.672. The largest absolute Gasteiger partial charge is 0.493 e. The summed E-state index contributed by atoms with van der Waals surface area (Å²) in [5, 5.41) is 4.16. The van der Waals surface area contributed by atoms with E-state index in [0.717, 1.165) is 28.9 Å². The van der Waals surface area contributed by atoms with Crippen LogP contribution in [0.15, 0.2) is 48.1 Å². The molecule has 0 aliphatic carbocycles. The number of carbonyl (C=O) groups is 1. The fourth-order valence-electron chi connectivity index (χ4n) is 2.99. The molecular weight excluding hydrogens is 391 g/mol. The molecule has 0 saturated heterocycles. The zero-order chi connectivity index (χ0) is 18.1. The van der Waals surface area contributed by atoms with Crippen LogP contribution in [0.25, 0.3) is 0 Å². The van der Waals surface area contributed by atoms with Crippen molar-refractivity contribution in [3.8, 4) is 5.75 Å². The number of aromatic nitrogens is 1. The molecule has 4 nitrogen and oxygen atoms in total. The lowest BCUT2D eigenvalue weighted by atomic mass is 9.96. The standard InChI is InChI=1S/C19H14Cl2N2O2S/c20-13-2-3-15(21)14(8-13)18(23-19(24)17-9-22-10-26-17)12-1-4-16-11(7-12)5-6-25-16/h1-4,7-10,18H,5-6H2,(H,23,24). The minimum atomic E-state index is -0.429. The van der Waals surface area contributed by atoms with E-state index in [4.69, 9.17) is 27.9 Å². The number of thiazole rings is 1. The Hall–Kier alpha value is -2.08. The molecule has 1 amide bonds. The van der Waals surface area contributed by atoms with Crippen molar-refractivity contribution in [1.29, 1.82) is 0 Å². The molecule has 1 atom stereocenters. The van der Waals surface area contributed by atoms with Crippen LogP contribution in [0.3, 0.4) is 0 Å². The van der Waals surface area contributed by atoms with E-state index in [0.29, 0.717) is 21.5 Å². The van der Waals surface area contributed by atoms with Gasteiger partial charge in [-0.2, -0.15) is 0 Å². The summed E-state index contributed by atoms with van der Waals surface area (Å²) in [5.41, 5.74) is 4.42. The van der Waals surface area contributed by atoms with Gasteiger partial charge in [-0.3, -0.25) is 9.78 Å². The molecule has 132 valence electrons. The van der Waals surface area contributed by atoms with Gasteiger partial charge in [-0.25, -0.2) is 0 Å². The summed E-state index contributed by atoms with van der Waals surface area (Å²) >= 11 is 13.9. The molecule has 7 heteroatoms. The van der Waals surface area contributed by atoms with Crippen molar-refractivity contribution in [2.45, 2.75) is 12.5 Å². The van der Waals surface area contributed by atoms with Crippen LogP contribution in [-0.2, 0) is 6.42 Å². The van der Waals surface area contributed by atoms with E-state index in [1.165, 1.54) is 11.3 Å². The number of carbonyl (C=O) groups excluding carboxylic acids is 1. The Labute approximate surface area is 164 Å². The van der Waals surface area contributed by atoms with Gasteiger partial charge in [0.1, 0.15) is 10.6 Å². The molecule has 0 bridgehead atoms. The fraction of sp³-hybridized carbons (Fsp3) is 0.158. The maximum atomic E-state index is 12.7. The summed E-state index contributed by atoms with van der Waals surface area (Å²) in [6.07, 6.45) is 2.40. The lowest BCUT2D eigenvalue weighted by molar-refractivity contribution is 0.0947. The zero-order valence-electron chi connectivity index (χ0n) is 13.5. The molecule has 0 radical (unpaired) electrons. The Kier molecular flexibility index (Phi) is 4.85. The number of fused-ring (bicyclic) bond motifs is 1. The number of rotatable bonds is 4. The van der Waals surface area contributed by atoms with Gasteiger partial charge in [0.15, 0.2) is 0 Å². The minimum absolute atomic E-state index is 0.203. The molecule has 1 unspecified atom stereocenters. The predicted octanol–water partition coefficient (Wildman–Crippen LogP) is 4.90. The molecule has 4 rings (SSSR count). The molecule has 26 heavy (non-hydrogen) atoms. The van der Waals surface area contributed by atoms with Gasteiger partial charge in [0.2, 0.25) is 0 Å². The SMILES string of the molecule is O=C(NC(c1ccc2c(c1)CCO2)c1cc(Cl)ccc1Cl)c1cncs1. The second-order valence-corrected chi connectivity index (χ2v) is 7.63. The first kappa shape index (κ1) is 17.3. The highest BCUT2D eigenvalue weighted by atomic mass is 35.5. The van der Waals surface area contributed by atoms with Crippen molar-refractivity contribution < 1.29 is 9.53 Å². The average Bonchev–Trinajstić information content (AvgIpc) is 3.32. The highest BCUT2D eigenvalue weighted by molar-refractivity contribution is 7.11. The minimum Gasteiger partial charge on any atom is -0.493 e. The summed E-state index contributed by atoms with van der Waals surface area (Å²) in [4.78, 5) is 17.2. The van der Waals surface area contributed by atoms with Crippen LogP contribution < -0.4 is 10.1 Å². The number of nitrogens with one attached hydrogen (secondary N) is 1. The Morgan fingerprint density at radius 3 is 2.92 bits per heavy atom. The van der Waals surface area contributed by atoms with Gasteiger partial charge in [-0.1, -0.05) is 29.3 Å². The van der Waals surface area contributed by atoms with Crippen LogP contribution in [0.2, 0.25) is 10.0 Å². The van der Waals surface area contributed by atoms with Crippen LogP contribution in [-0.4, -0.2) is 17.5 Å². The van der Waals surface area contributed by atoms with Gasteiger partial charge < -0.3 is 10.1 Å². The van der Waals surface area contributed by atoms with Crippen LogP contribution in [0, 0.1) is 0 Å². The average molecular weight is 405 g/mol. The highest BCUT2D eigenvalue weighted by Crippen LogP contribution is 2.34. The van der Waals surface area contributed by atoms with E-state index in [9.17, 15) is 4.79 Å². The molecule has 0 spiro atoms. The van der Waals surface area contributed by atoms with E-state index < -0.39 is 6.04 Å². The Bertz CT molecular complexity index is 960. The van der Waals surface area contributed by atoms with Crippen molar-refractivity contribution in [3.05, 3.63) is 79.7 Å². The lowest BCUT2D eigenvalue weighted by Gasteiger charge is -2.21.